The third kappa shape index (κ3) is 1.67. The Bertz CT molecular complexity index is 598. The van der Waals surface area contributed by atoms with Gasteiger partial charge in [-0.05, 0) is 12.3 Å². The zero-order valence-electron chi connectivity index (χ0n) is 10.7. The minimum Gasteiger partial charge on any atom is -0.294 e. The third-order valence-corrected chi connectivity index (χ3v) is 3.52. The van der Waals surface area contributed by atoms with Gasteiger partial charge < -0.3 is 0 Å². The second-order valence-corrected chi connectivity index (χ2v) is 5.10. The molecular formula is C15H16N2O. The number of carbonyl (C=O) groups is 1. The van der Waals surface area contributed by atoms with E-state index in [9.17, 15) is 4.79 Å². The Balaban J connectivity index is 2.20. The van der Waals surface area contributed by atoms with Crippen molar-refractivity contribution in [3.8, 4) is 11.3 Å². The minimum absolute atomic E-state index is 0.232. The van der Waals surface area contributed by atoms with Crippen LogP contribution < -0.4 is 0 Å². The van der Waals surface area contributed by atoms with Crippen molar-refractivity contribution >= 4 is 5.78 Å². The summed E-state index contributed by atoms with van der Waals surface area (Å²) in [4.78, 5) is 12.3. The molecule has 18 heavy (non-hydrogen) atoms. The number of fused-ring (bicyclic) bond motifs is 1. The highest BCUT2D eigenvalue weighted by Crippen LogP contribution is 2.32. The highest BCUT2D eigenvalue weighted by Gasteiger charge is 2.29. The monoisotopic (exact) mass is 240 g/mol. The Morgan fingerprint density at radius 1 is 1.22 bits per heavy atom. The van der Waals surface area contributed by atoms with Gasteiger partial charge >= 0.3 is 0 Å². The minimum atomic E-state index is 0.232. The lowest BCUT2D eigenvalue weighted by Crippen LogP contribution is -2.17. The van der Waals surface area contributed by atoms with Crippen molar-refractivity contribution in [3.05, 3.63) is 41.6 Å². The Labute approximate surface area is 106 Å². The van der Waals surface area contributed by atoms with Crippen LogP contribution in [0.1, 0.15) is 29.4 Å². The van der Waals surface area contributed by atoms with Crippen molar-refractivity contribution < 1.29 is 4.79 Å². The maximum absolute atomic E-state index is 12.3. The van der Waals surface area contributed by atoms with E-state index in [0.717, 1.165) is 28.9 Å². The van der Waals surface area contributed by atoms with Crippen molar-refractivity contribution in [2.24, 2.45) is 13.0 Å². The van der Waals surface area contributed by atoms with E-state index in [1.165, 1.54) is 0 Å². The molecule has 3 heteroatoms. The van der Waals surface area contributed by atoms with Crippen LogP contribution in [0, 0.1) is 5.92 Å². The summed E-state index contributed by atoms with van der Waals surface area (Å²) >= 11 is 0. The smallest absolute Gasteiger partial charge is 0.167 e. The number of ketones is 1. The molecular weight excluding hydrogens is 224 g/mol. The summed E-state index contributed by atoms with van der Waals surface area (Å²) in [6, 6.07) is 10.0. The molecule has 0 saturated heterocycles. The zero-order chi connectivity index (χ0) is 12.7. The van der Waals surface area contributed by atoms with E-state index in [-0.39, 0.29) is 5.78 Å². The Hall–Kier alpha value is -1.90. The van der Waals surface area contributed by atoms with Gasteiger partial charge in [-0.2, -0.15) is 5.10 Å². The van der Waals surface area contributed by atoms with Crippen LogP contribution in [0.2, 0.25) is 0 Å². The van der Waals surface area contributed by atoms with Crippen LogP contribution in [-0.4, -0.2) is 15.6 Å². The molecule has 0 spiro atoms. The van der Waals surface area contributed by atoms with E-state index < -0.39 is 0 Å². The van der Waals surface area contributed by atoms with Gasteiger partial charge in [0.25, 0.3) is 0 Å². The van der Waals surface area contributed by atoms with Gasteiger partial charge in [-0.25, -0.2) is 0 Å². The van der Waals surface area contributed by atoms with E-state index >= 15 is 0 Å². The second kappa shape index (κ2) is 4.09. The number of aromatic nitrogens is 2. The van der Waals surface area contributed by atoms with Gasteiger partial charge in [0.05, 0.1) is 17.0 Å². The van der Waals surface area contributed by atoms with E-state index in [4.69, 9.17) is 0 Å². The van der Waals surface area contributed by atoms with Crippen LogP contribution in [0.15, 0.2) is 30.3 Å². The largest absolute Gasteiger partial charge is 0.294 e. The molecule has 0 amide bonds. The van der Waals surface area contributed by atoms with Gasteiger partial charge in [0.2, 0.25) is 0 Å². The summed E-state index contributed by atoms with van der Waals surface area (Å²) in [6.45, 7) is 2.11. The van der Waals surface area contributed by atoms with Gasteiger partial charge in [0.15, 0.2) is 5.78 Å². The fourth-order valence-corrected chi connectivity index (χ4v) is 2.76. The summed E-state index contributed by atoms with van der Waals surface area (Å²) in [7, 11) is 1.92. The molecule has 3 rings (SSSR count). The molecule has 0 saturated carbocycles. The lowest BCUT2D eigenvalue weighted by molar-refractivity contribution is 0.0954. The standard InChI is InChI=1S/C15H16N2O/c1-10-8-12-14(13(18)9-10)15(17(2)16-12)11-6-4-3-5-7-11/h3-7,10H,8-9H2,1-2H3/t10-/m1/s1. The van der Waals surface area contributed by atoms with Crippen molar-refractivity contribution in [2.75, 3.05) is 0 Å². The van der Waals surface area contributed by atoms with Crippen LogP contribution in [0.5, 0.6) is 0 Å². The number of nitrogens with zero attached hydrogens (tertiary/aromatic N) is 2. The molecule has 0 unspecified atom stereocenters. The highest BCUT2D eigenvalue weighted by atomic mass is 16.1. The molecule has 1 atom stereocenters. The molecule has 92 valence electrons. The number of hydrogen-bond donors (Lipinski definition) is 0. The van der Waals surface area contributed by atoms with Crippen LogP contribution in [0.4, 0.5) is 0 Å². The number of rotatable bonds is 1. The Morgan fingerprint density at radius 2 is 1.94 bits per heavy atom. The lowest BCUT2D eigenvalue weighted by atomic mass is 9.86. The topological polar surface area (TPSA) is 34.9 Å². The maximum Gasteiger partial charge on any atom is 0.167 e. The van der Waals surface area contributed by atoms with Crippen molar-refractivity contribution in [1.29, 1.82) is 0 Å². The summed E-state index contributed by atoms with van der Waals surface area (Å²) in [6.07, 6.45) is 1.54. The fraction of sp³-hybridized carbons (Fsp3) is 0.333. The molecule has 1 heterocycles. The number of hydrogen-bond acceptors (Lipinski definition) is 2. The number of aryl methyl sites for hydroxylation is 1. The zero-order valence-corrected chi connectivity index (χ0v) is 10.7. The second-order valence-electron chi connectivity index (χ2n) is 5.10. The molecule has 3 nitrogen and oxygen atoms in total. The fourth-order valence-electron chi connectivity index (χ4n) is 2.76. The Kier molecular flexibility index (Phi) is 2.54. The third-order valence-electron chi connectivity index (χ3n) is 3.52. The van der Waals surface area contributed by atoms with Crippen molar-refractivity contribution in [1.82, 2.24) is 9.78 Å². The van der Waals surface area contributed by atoms with Gasteiger partial charge in [0, 0.05) is 19.0 Å². The molecule has 1 aliphatic rings. The van der Waals surface area contributed by atoms with Crippen LogP contribution in [0.25, 0.3) is 11.3 Å². The predicted molar refractivity (Wildman–Crippen MR) is 70.5 cm³/mol. The molecule has 0 radical (unpaired) electrons. The average Bonchev–Trinajstić information content (AvgIpc) is 2.66. The molecule has 0 N–H and O–H groups in total. The van der Waals surface area contributed by atoms with Crippen LogP contribution >= 0.6 is 0 Å². The quantitative estimate of drug-likeness (QED) is 0.768. The first-order valence-electron chi connectivity index (χ1n) is 6.31. The molecule has 1 aliphatic carbocycles. The molecule has 1 aromatic heterocycles. The average molecular weight is 240 g/mol. The number of Topliss-reactive ketones (excluding diaryl/α,β-unsaturated/α-hetero) is 1. The number of benzene rings is 1. The van der Waals surface area contributed by atoms with Gasteiger partial charge in [-0.15, -0.1) is 0 Å². The molecule has 2 aromatic rings. The van der Waals surface area contributed by atoms with Gasteiger partial charge in [-0.1, -0.05) is 37.3 Å². The highest BCUT2D eigenvalue weighted by molar-refractivity contribution is 6.03. The molecule has 0 fully saturated rings. The summed E-state index contributed by atoms with van der Waals surface area (Å²) in [5, 5.41) is 4.52. The lowest BCUT2D eigenvalue weighted by Gasteiger charge is -2.16. The maximum atomic E-state index is 12.3. The van der Waals surface area contributed by atoms with E-state index in [1.807, 2.05) is 42.1 Å². The van der Waals surface area contributed by atoms with Gasteiger partial charge in [0.1, 0.15) is 0 Å². The Morgan fingerprint density at radius 3 is 2.67 bits per heavy atom. The van der Waals surface area contributed by atoms with Crippen LogP contribution in [0.3, 0.4) is 0 Å². The SMILES string of the molecule is C[C@H]1CC(=O)c2c(nn(C)c2-c2ccccc2)C1. The number of carbonyl (C=O) groups excluding carboxylic acids is 1. The van der Waals surface area contributed by atoms with E-state index in [0.29, 0.717) is 12.3 Å². The summed E-state index contributed by atoms with van der Waals surface area (Å²) in [5.74, 6) is 0.638. The van der Waals surface area contributed by atoms with E-state index in [2.05, 4.69) is 12.0 Å². The first-order chi connectivity index (χ1) is 8.66. The molecule has 1 aromatic carbocycles. The molecule has 0 aliphatic heterocycles. The van der Waals surface area contributed by atoms with Crippen molar-refractivity contribution in [2.45, 2.75) is 19.8 Å². The summed E-state index contributed by atoms with van der Waals surface area (Å²) in [5.41, 5.74) is 3.82. The first kappa shape index (κ1) is 11.2. The van der Waals surface area contributed by atoms with Crippen LogP contribution in [-0.2, 0) is 13.5 Å². The van der Waals surface area contributed by atoms with Crippen molar-refractivity contribution in [3.63, 3.8) is 0 Å². The normalized spacial score (nSPS) is 18.8. The van der Waals surface area contributed by atoms with Gasteiger partial charge in [-0.3, -0.25) is 9.48 Å². The molecule has 0 bridgehead atoms. The summed E-state index contributed by atoms with van der Waals surface area (Å²) < 4.78 is 1.84. The first-order valence-corrected chi connectivity index (χ1v) is 6.31. The van der Waals surface area contributed by atoms with E-state index in [1.54, 1.807) is 0 Å². The predicted octanol–water partition coefficient (Wildman–Crippen LogP) is 2.85.